The Morgan fingerprint density at radius 2 is 2.06 bits per heavy atom. The van der Waals surface area contributed by atoms with Gasteiger partial charge in [0.2, 0.25) is 11.8 Å². The van der Waals surface area contributed by atoms with Gasteiger partial charge in [-0.2, -0.15) is 9.37 Å². The largest absolute Gasteiger partial charge is 0.480 e. The van der Waals surface area contributed by atoms with E-state index >= 15 is 0 Å². The van der Waals surface area contributed by atoms with Crippen molar-refractivity contribution >= 4 is 5.97 Å². The van der Waals surface area contributed by atoms with Gasteiger partial charge in [-0.05, 0) is 6.07 Å². The molecule has 0 radical (unpaired) electrons. The van der Waals surface area contributed by atoms with E-state index in [1.165, 1.54) is 0 Å². The van der Waals surface area contributed by atoms with Crippen LogP contribution in [-0.2, 0) is 4.74 Å². The maximum atomic E-state index is 13.0. The van der Waals surface area contributed by atoms with Crippen LogP contribution in [-0.4, -0.2) is 25.2 Å². The van der Waals surface area contributed by atoms with Crippen molar-refractivity contribution in [3.8, 4) is 5.88 Å². The predicted molar refractivity (Wildman–Crippen MR) is 47.0 cm³/mol. The summed E-state index contributed by atoms with van der Waals surface area (Å²) in [6.07, 6.45) is -3.07. The van der Waals surface area contributed by atoms with Crippen molar-refractivity contribution in [2.75, 3.05) is 14.2 Å². The topological polar surface area (TPSA) is 48.4 Å². The maximum absolute atomic E-state index is 13.0. The van der Waals surface area contributed by atoms with Gasteiger partial charge in [0.1, 0.15) is 5.56 Å². The lowest BCUT2D eigenvalue weighted by atomic mass is 10.2. The monoisotopic (exact) mass is 235 g/mol. The fourth-order valence-electron chi connectivity index (χ4n) is 1.06. The Morgan fingerprint density at radius 1 is 1.44 bits per heavy atom. The second kappa shape index (κ2) is 4.82. The van der Waals surface area contributed by atoms with Gasteiger partial charge in [0.25, 0.3) is 6.43 Å². The SMILES string of the molecule is COC(=O)c1cc(C(F)F)c(F)nc1OC. The fraction of sp³-hybridized carbons (Fsp3) is 0.333. The molecule has 0 atom stereocenters. The molecule has 0 saturated heterocycles. The highest BCUT2D eigenvalue weighted by molar-refractivity contribution is 5.91. The van der Waals surface area contributed by atoms with E-state index in [1.54, 1.807) is 0 Å². The summed E-state index contributed by atoms with van der Waals surface area (Å²) in [6, 6.07) is 0.664. The van der Waals surface area contributed by atoms with Gasteiger partial charge in [-0.1, -0.05) is 0 Å². The molecule has 88 valence electrons. The number of carbonyl (C=O) groups excluding carboxylic acids is 1. The van der Waals surface area contributed by atoms with Gasteiger partial charge >= 0.3 is 5.97 Å². The van der Waals surface area contributed by atoms with E-state index in [1.807, 2.05) is 0 Å². The summed E-state index contributed by atoms with van der Waals surface area (Å²) in [5, 5.41) is 0. The van der Waals surface area contributed by atoms with Gasteiger partial charge < -0.3 is 9.47 Å². The van der Waals surface area contributed by atoms with Crippen LogP contribution < -0.4 is 4.74 Å². The zero-order chi connectivity index (χ0) is 12.3. The Balaban J connectivity index is 3.34. The highest BCUT2D eigenvalue weighted by atomic mass is 19.3. The number of pyridine rings is 1. The Morgan fingerprint density at radius 3 is 2.50 bits per heavy atom. The Hall–Kier alpha value is -1.79. The summed E-state index contributed by atoms with van der Waals surface area (Å²) in [5.41, 5.74) is -1.32. The van der Waals surface area contributed by atoms with Crippen LogP contribution in [0.1, 0.15) is 22.3 Å². The number of methoxy groups -OCH3 is 2. The van der Waals surface area contributed by atoms with E-state index in [2.05, 4.69) is 14.5 Å². The first kappa shape index (κ1) is 12.3. The van der Waals surface area contributed by atoms with Gasteiger partial charge in [-0.25, -0.2) is 13.6 Å². The van der Waals surface area contributed by atoms with Crippen LogP contribution in [0.25, 0.3) is 0 Å². The van der Waals surface area contributed by atoms with E-state index in [4.69, 9.17) is 0 Å². The number of hydrogen-bond acceptors (Lipinski definition) is 4. The zero-order valence-corrected chi connectivity index (χ0v) is 8.46. The van der Waals surface area contributed by atoms with E-state index in [0.29, 0.717) is 6.07 Å². The molecule has 1 heterocycles. The van der Waals surface area contributed by atoms with Crippen molar-refractivity contribution in [1.29, 1.82) is 0 Å². The molecule has 0 aliphatic carbocycles. The third kappa shape index (κ3) is 2.23. The van der Waals surface area contributed by atoms with Crippen molar-refractivity contribution in [3.63, 3.8) is 0 Å². The van der Waals surface area contributed by atoms with Crippen molar-refractivity contribution in [2.24, 2.45) is 0 Å². The quantitative estimate of drug-likeness (QED) is 0.593. The van der Waals surface area contributed by atoms with Gasteiger partial charge in [0.05, 0.1) is 19.8 Å². The summed E-state index contributed by atoms with van der Waals surface area (Å²) < 4.78 is 46.6. The lowest BCUT2D eigenvalue weighted by Gasteiger charge is -2.08. The fourth-order valence-corrected chi connectivity index (χ4v) is 1.06. The summed E-state index contributed by atoms with van der Waals surface area (Å²) in [6.45, 7) is 0. The first-order valence-electron chi connectivity index (χ1n) is 4.12. The molecule has 0 aromatic carbocycles. The minimum Gasteiger partial charge on any atom is -0.480 e. The zero-order valence-electron chi connectivity index (χ0n) is 8.46. The molecule has 0 saturated carbocycles. The molecule has 0 fully saturated rings. The van der Waals surface area contributed by atoms with Gasteiger partial charge in [0.15, 0.2) is 0 Å². The third-order valence-corrected chi connectivity index (χ3v) is 1.80. The first-order chi connectivity index (χ1) is 7.51. The second-order valence-electron chi connectivity index (χ2n) is 2.72. The summed E-state index contributed by atoms with van der Waals surface area (Å²) in [4.78, 5) is 14.3. The number of esters is 1. The van der Waals surface area contributed by atoms with Crippen molar-refractivity contribution in [1.82, 2.24) is 4.98 Å². The van der Waals surface area contributed by atoms with Crippen LogP contribution in [0.4, 0.5) is 13.2 Å². The number of nitrogens with zero attached hydrogens (tertiary/aromatic N) is 1. The Bertz CT molecular complexity index is 409. The highest BCUT2D eigenvalue weighted by Crippen LogP contribution is 2.26. The molecule has 0 aliphatic rings. The van der Waals surface area contributed by atoms with Crippen LogP contribution in [0.2, 0.25) is 0 Å². The van der Waals surface area contributed by atoms with Crippen LogP contribution in [0.3, 0.4) is 0 Å². The number of alkyl halides is 2. The number of halogens is 3. The summed E-state index contributed by atoms with van der Waals surface area (Å²) in [5.74, 6) is -2.69. The average molecular weight is 235 g/mol. The molecule has 1 aromatic rings. The molecular weight excluding hydrogens is 227 g/mol. The first-order valence-corrected chi connectivity index (χ1v) is 4.12. The molecule has 0 aliphatic heterocycles. The summed E-state index contributed by atoms with van der Waals surface area (Å²) >= 11 is 0. The average Bonchev–Trinajstić information content (AvgIpc) is 2.27. The number of carbonyl (C=O) groups is 1. The van der Waals surface area contributed by atoms with E-state index in [0.717, 1.165) is 14.2 Å². The van der Waals surface area contributed by atoms with Gasteiger partial charge in [0, 0.05) is 0 Å². The smallest absolute Gasteiger partial charge is 0.343 e. The summed E-state index contributed by atoms with van der Waals surface area (Å²) in [7, 11) is 2.20. The molecule has 0 bridgehead atoms. The van der Waals surface area contributed by atoms with Crippen molar-refractivity contribution in [3.05, 3.63) is 23.1 Å². The number of ether oxygens (including phenoxy) is 2. The van der Waals surface area contributed by atoms with Crippen molar-refractivity contribution < 1.29 is 27.4 Å². The lowest BCUT2D eigenvalue weighted by molar-refractivity contribution is 0.0595. The predicted octanol–water partition coefficient (Wildman–Crippen LogP) is 1.95. The molecule has 16 heavy (non-hydrogen) atoms. The number of rotatable bonds is 3. The molecule has 0 N–H and O–H groups in total. The van der Waals surface area contributed by atoms with E-state index in [9.17, 15) is 18.0 Å². The lowest BCUT2D eigenvalue weighted by Crippen LogP contribution is -2.09. The van der Waals surface area contributed by atoms with Gasteiger partial charge in [-0.3, -0.25) is 0 Å². The normalized spacial score (nSPS) is 10.4. The Kier molecular flexibility index (Phi) is 3.70. The Labute approximate surface area is 89.0 Å². The van der Waals surface area contributed by atoms with E-state index in [-0.39, 0.29) is 5.56 Å². The second-order valence-corrected chi connectivity index (χ2v) is 2.72. The van der Waals surface area contributed by atoms with Crippen molar-refractivity contribution in [2.45, 2.75) is 6.43 Å². The standard InChI is InChI=1S/C9H8F3NO3/c1-15-8-5(9(14)16-2)3-4(6(10)11)7(12)13-8/h3,6H,1-2H3. The minimum absolute atomic E-state index is 0.346. The van der Waals surface area contributed by atoms with Crippen LogP contribution in [0, 0.1) is 5.95 Å². The maximum Gasteiger partial charge on any atom is 0.343 e. The van der Waals surface area contributed by atoms with Crippen LogP contribution in [0.5, 0.6) is 5.88 Å². The third-order valence-electron chi connectivity index (χ3n) is 1.80. The van der Waals surface area contributed by atoms with Gasteiger partial charge in [-0.15, -0.1) is 0 Å². The van der Waals surface area contributed by atoms with E-state index < -0.39 is 29.8 Å². The molecule has 0 unspecified atom stereocenters. The molecule has 0 amide bonds. The highest BCUT2D eigenvalue weighted by Gasteiger charge is 2.23. The molecule has 1 aromatic heterocycles. The number of aromatic nitrogens is 1. The molecule has 0 spiro atoms. The minimum atomic E-state index is -3.07. The molecular formula is C9H8F3NO3. The molecule has 1 rings (SSSR count). The van der Waals surface area contributed by atoms with Crippen LogP contribution >= 0.6 is 0 Å². The van der Waals surface area contributed by atoms with Crippen LogP contribution in [0.15, 0.2) is 6.07 Å². The molecule has 7 heteroatoms. The number of hydrogen-bond donors (Lipinski definition) is 0. The molecule has 4 nitrogen and oxygen atoms in total.